The Morgan fingerprint density at radius 3 is 2.03 bits per heavy atom. The van der Waals surface area contributed by atoms with Gasteiger partial charge in [-0.3, -0.25) is 14.4 Å². The lowest BCUT2D eigenvalue weighted by atomic mass is 10.1. The first-order valence-electron chi connectivity index (χ1n) is 9.92. The van der Waals surface area contributed by atoms with Gasteiger partial charge in [-0.1, -0.05) is 23.3 Å². The number of allylic oxidation sites excluding steroid dienone is 4. The van der Waals surface area contributed by atoms with Gasteiger partial charge >= 0.3 is 11.9 Å². The predicted octanol–water partition coefficient (Wildman–Crippen LogP) is 5.94. The second kappa shape index (κ2) is 10.6. The molecule has 0 aliphatic carbocycles. The highest BCUT2D eigenvalue weighted by Gasteiger charge is 2.17. The van der Waals surface area contributed by atoms with Crippen LogP contribution in [-0.4, -0.2) is 17.7 Å². The molecule has 160 valence electrons. The van der Waals surface area contributed by atoms with Crippen molar-refractivity contribution in [2.75, 3.05) is 0 Å². The van der Waals surface area contributed by atoms with Gasteiger partial charge in [0.05, 0.1) is 0 Å². The first-order valence-corrected chi connectivity index (χ1v) is 9.92. The normalized spacial score (nSPS) is 11.3. The standard InChI is InChI=1S/C24H28O6/c1-15(2)8-6-9-16(3)10-7-11-20(27)22-12-19-13-23(28-17(4)25)24(29-18(5)26)14-21(19)30-22/h8,10,12-14H,6-7,9,11H2,1-5H3/b16-10+. The van der Waals surface area contributed by atoms with E-state index in [9.17, 15) is 14.4 Å². The van der Waals surface area contributed by atoms with E-state index in [4.69, 9.17) is 13.9 Å². The number of hydrogen-bond donors (Lipinski definition) is 0. The minimum atomic E-state index is -0.558. The average molecular weight is 412 g/mol. The van der Waals surface area contributed by atoms with Gasteiger partial charge in [0.1, 0.15) is 5.58 Å². The molecule has 6 heteroatoms. The zero-order chi connectivity index (χ0) is 22.3. The third-order valence-corrected chi connectivity index (χ3v) is 4.32. The van der Waals surface area contributed by atoms with Crippen molar-refractivity contribution in [1.82, 2.24) is 0 Å². The molecule has 6 nitrogen and oxygen atoms in total. The molecule has 30 heavy (non-hydrogen) atoms. The van der Waals surface area contributed by atoms with Crippen molar-refractivity contribution in [3.8, 4) is 11.5 Å². The molecule has 1 heterocycles. The Morgan fingerprint density at radius 2 is 1.43 bits per heavy atom. The van der Waals surface area contributed by atoms with Gasteiger partial charge in [-0.2, -0.15) is 0 Å². The molecule has 1 aromatic carbocycles. The van der Waals surface area contributed by atoms with Gasteiger partial charge in [-0.15, -0.1) is 0 Å². The van der Waals surface area contributed by atoms with Gasteiger partial charge in [-0.25, -0.2) is 0 Å². The lowest BCUT2D eigenvalue weighted by Crippen LogP contribution is -2.06. The minimum absolute atomic E-state index is 0.0634. The zero-order valence-electron chi connectivity index (χ0n) is 18.2. The molecular weight excluding hydrogens is 384 g/mol. The maximum absolute atomic E-state index is 12.5. The van der Waals surface area contributed by atoms with E-state index < -0.39 is 11.9 Å². The van der Waals surface area contributed by atoms with Crippen molar-refractivity contribution >= 4 is 28.7 Å². The lowest BCUT2D eigenvalue weighted by molar-refractivity contribution is -0.134. The van der Waals surface area contributed by atoms with E-state index in [0.717, 1.165) is 12.8 Å². The number of Topliss-reactive ketones (excluding diaryl/α,β-unsaturated/α-hetero) is 1. The molecule has 0 radical (unpaired) electrons. The van der Waals surface area contributed by atoms with Crippen LogP contribution in [0.1, 0.15) is 70.9 Å². The summed E-state index contributed by atoms with van der Waals surface area (Å²) in [5, 5.41) is 0.582. The van der Waals surface area contributed by atoms with E-state index >= 15 is 0 Å². The van der Waals surface area contributed by atoms with Crippen LogP contribution in [0.3, 0.4) is 0 Å². The second-order valence-electron chi connectivity index (χ2n) is 7.47. The third-order valence-electron chi connectivity index (χ3n) is 4.32. The number of esters is 2. The molecule has 0 aliphatic rings. The van der Waals surface area contributed by atoms with Gasteiger partial charge in [0, 0.05) is 31.7 Å². The Bertz CT molecular complexity index is 949. The Morgan fingerprint density at radius 1 is 0.833 bits per heavy atom. The molecule has 0 saturated carbocycles. The van der Waals surface area contributed by atoms with Crippen molar-refractivity contribution in [1.29, 1.82) is 0 Å². The van der Waals surface area contributed by atoms with Crippen molar-refractivity contribution in [2.45, 2.75) is 60.3 Å². The van der Waals surface area contributed by atoms with Crippen molar-refractivity contribution in [2.24, 2.45) is 0 Å². The molecule has 0 N–H and O–H groups in total. The fraction of sp³-hybridized carbons (Fsp3) is 0.375. The Hall–Kier alpha value is -3.15. The number of rotatable bonds is 9. The predicted molar refractivity (Wildman–Crippen MR) is 115 cm³/mol. The van der Waals surface area contributed by atoms with Gasteiger partial charge in [0.15, 0.2) is 23.0 Å². The largest absolute Gasteiger partial charge is 0.453 e. The topological polar surface area (TPSA) is 82.8 Å². The molecule has 0 atom stereocenters. The lowest BCUT2D eigenvalue weighted by Gasteiger charge is -2.08. The fourth-order valence-corrected chi connectivity index (χ4v) is 2.92. The Labute approximate surface area is 176 Å². The van der Waals surface area contributed by atoms with Crippen LogP contribution in [-0.2, 0) is 9.59 Å². The van der Waals surface area contributed by atoms with Crippen molar-refractivity contribution in [3.63, 3.8) is 0 Å². The van der Waals surface area contributed by atoms with Gasteiger partial charge < -0.3 is 13.9 Å². The summed E-state index contributed by atoms with van der Waals surface area (Å²) < 4.78 is 15.8. The van der Waals surface area contributed by atoms with E-state index in [1.54, 1.807) is 6.07 Å². The van der Waals surface area contributed by atoms with Crippen LogP contribution in [0.4, 0.5) is 0 Å². The number of benzene rings is 1. The molecule has 1 aromatic heterocycles. The maximum Gasteiger partial charge on any atom is 0.308 e. The average Bonchev–Trinajstić information content (AvgIpc) is 3.03. The smallest absolute Gasteiger partial charge is 0.308 e. The minimum Gasteiger partial charge on any atom is -0.453 e. The van der Waals surface area contributed by atoms with Gasteiger partial charge in [0.2, 0.25) is 0 Å². The van der Waals surface area contributed by atoms with Crippen LogP contribution >= 0.6 is 0 Å². The molecule has 0 saturated heterocycles. The van der Waals surface area contributed by atoms with E-state index in [2.05, 4.69) is 32.9 Å². The van der Waals surface area contributed by atoms with E-state index in [1.807, 2.05) is 0 Å². The summed E-state index contributed by atoms with van der Waals surface area (Å²) in [4.78, 5) is 35.2. The number of ether oxygens (including phenoxy) is 2. The van der Waals surface area contributed by atoms with E-state index in [0.29, 0.717) is 23.8 Å². The molecule has 0 aliphatic heterocycles. The van der Waals surface area contributed by atoms with Crippen LogP contribution in [0.15, 0.2) is 45.9 Å². The molecule has 0 unspecified atom stereocenters. The SMILES string of the molecule is CC(=O)Oc1cc2cc(C(=O)CC/C=C(\C)CCC=C(C)C)oc2cc1OC(C)=O. The summed E-state index contributed by atoms with van der Waals surface area (Å²) in [5.41, 5.74) is 2.93. The Kier molecular flexibility index (Phi) is 8.16. The second-order valence-corrected chi connectivity index (χ2v) is 7.47. The number of carbonyl (C=O) groups is 3. The zero-order valence-corrected chi connectivity index (χ0v) is 18.2. The first kappa shape index (κ1) is 23.1. The summed E-state index contributed by atoms with van der Waals surface area (Å²) in [6.45, 7) is 8.72. The maximum atomic E-state index is 12.5. The highest BCUT2D eigenvalue weighted by atomic mass is 16.6. The van der Waals surface area contributed by atoms with Gasteiger partial charge in [0.25, 0.3) is 0 Å². The monoisotopic (exact) mass is 412 g/mol. The fourth-order valence-electron chi connectivity index (χ4n) is 2.92. The third kappa shape index (κ3) is 7.03. The summed E-state index contributed by atoms with van der Waals surface area (Å²) >= 11 is 0. The summed E-state index contributed by atoms with van der Waals surface area (Å²) in [7, 11) is 0. The number of fused-ring (bicyclic) bond motifs is 1. The first-order chi connectivity index (χ1) is 14.2. The summed E-state index contributed by atoms with van der Waals surface area (Å²) in [6.07, 6.45) is 7.21. The molecule has 0 amide bonds. The number of hydrogen-bond acceptors (Lipinski definition) is 6. The molecule has 0 bridgehead atoms. The number of ketones is 1. The van der Waals surface area contributed by atoms with E-state index in [1.165, 1.54) is 37.1 Å². The molecule has 2 aromatic rings. The molecule has 0 spiro atoms. The van der Waals surface area contributed by atoms with Crippen LogP contribution in [0, 0.1) is 0 Å². The van der Waals surface area contributed by atoms with Crippen LogP contribution in [0.5, 0.6) is 11.5 Å². The summed E-state index contributed by atoms with van der Waals surface area (Å²) in [6, 6.07) is 4.56. The molecular formula is C24H28O6. The van der Waals surface area contributed by atoms with Crippen molar-refractivity contribution < 1.29 is 28.3 Å². The van der Waals surface area contributed by atoms with Crippen LogP contribution in [0.2, 0.25) is 0 Å². The van der Waals surface area contributed by atoms with Crippen molar-refractivity contribution in [3.05, 3.63) is 47.3 Å². The van der Waals surface area contributed by atoms with Gasteiger partial charge in [-0.05, 0) is 52.2 Å². The highest BCUT2D eigenvalue weighted by molar-refractivity contribution is 5.98. The van der Waals surface area contributed by atoms with Crippen LogP contribution in [0.25, 0.3) is 11.0 Å². The highest BCUT2D eigenvalue weighted by Crippen LogP contribution is 2.35. The molecule has 2 rings (SSSR count). The molecule has 0 fully saturated rings. The van der Waals surface area contributed by atoms with Crippen LogP contribution < -0.4 is 9.47 Å². The van der Waals surface area contributed by atoms with E-state index in [-0.39, 0.29) is 23.0 Å². The summed E-state index contributed by atoms with van der Waals surface area (Å²) in [5.74, 6) is -0.850. The Balaban J connectivity index is 2.12. The number of carbonyl (C=O) groups excluding carboxylic acids is 3. The number of furan rings is 1. The quantitative estimate of drug-likeness (QED) is 0.219.